The van der Waals surface area contributed by atoms with Gasteiger partial charge in [0, 0.05) is 30.9 Å². The average Bonchev–Trinajstić information content (AvgIpc) is 2.90. The third-order valence-corrected chi connectivity index (χ3v) is 9.01. The van der Waals surface area contributed by atoms with E-state index in [2.05, 4.69) is 44.3 Å². The van der Waals surface area contributed by atoms with E-state index in [0.29, 0.717) is 11.6 Å². The molecular weight excluding hydrogens is 350 g/mol. The van der Waals surface area contributed by atoms with E-state index in [1.54, 1.807) is 30.1 Å². The summed E-state index contributed by atoms with van der Waals surface area (Å²) in [5.41, 5.74) is 0.276. The second kappa shape index (κ2) is 7.51. The van der Waals surface area contributed by atoms with Crippen LogP contribution in [-0.2, 0) is 11.5 Å². The van der Waals surface area contributed by atoms with Gasteiger partial charge in [-0.15, -0.1) is 0 Å². The maximum Gasteiger partial charge on any atom is 0.257 e. The van der Waals surface area contributed by atoms with Gasteiger partial charge in [-0.3, -0.25) is 9.48 Å². The van der Waals surface area contributed by atoms with Gasteiger partial charge in [0.15, 0.2) is 20.9 Å². The van der Waals surface area contributed by atoms with Gasteiger partial charge in [-0.2, -0.15) is 5.10 Å². The molecular formula is C18H27N3O4Si. The molecule has 0 spiro atoms. The molecule has 1 heterocycles. The minimum atomic E-state index is -1.93. The van der Waals surface area contributed by atoms with Crippen LogP contribution in [0.25, 0.3) is 0 Å². The van der Waals surface area contributed by atoms with Crippen molar-refractivity contribution >= 4 is 20.0 Å². The number of hydrogen-bond donors (Lipinski definition) is 2. The summed E-state index contributed by atoms with van der Waals surface area (Å²) in [5.74, 6) is 0.371. The summed E-state index contributed by atoms with van der Waals surface area (Å²) in [4.78, 5) is 12.3. The molecule has 0 fully saturated rings. The van der Waals surface area contributed by atoms with Crippen LogP contribution in [-0.4, -0.2) is 35.9 Å². The number of aryl methyl sites for hydroxylation is 1. The van der Waals surface area contributed by atoms with Crippen molar-refractivity contribution in [1.82, 2.24) is 9.78 Å². The molecule has 0 bridgehead atoms. The van der Waals surface area contributed by atoms with E-state index in [-0.39, 0.29) is 29.1 Å². The highest BCUT2D eigenvalue weighted by Gasteiger charge is 2.37. The number of nitrogens with zero attached hydrogens (tertiary/aromatic N) is 2. The van der Waals surface area contributed by atoms with Gasteiger partial charge >= 0.3 is 0 Å². The lowest BCUT2D eigenvalue weighted by Gasteiger charge is -2.35. The van der Waals surface area contributed by atoms with E-state index in [0.717, 1.165) is 0 Å². The Morgan fingerprint density at radius 1 is 1.31 bits per heavy atom. The number of aromatic hydroxyl groups is 1. The van der Waals surface area contributed by atoms with Crippen molar-refractivity contribution in [2.75, 3.05) is 12.1 Å². The summed E-state index contributed by atoms with van der Waals surface area (Å²) in [5, 5.41) is 16.7. The number of anilines is 1. The van der Waals surface area contributed by atoms with Gasteiger partial charge in [-0.25, -0.2) is 0 Å². The third-order valence-electron chi connectivity index (χ3n) is 4.56. The summed E-state index contributed by atoms with van der Waals surface area (Å²) in [6.45, 7) is 10.8. The molecule has 0 atom stereocenters. The van der Waals surface area contributed by atoms with E-state index in [9.17, 15) is 9.90 Å². The van der Waals surface area contributed by atoms with Gasteiger partial charge < -0.3 is 19.6 Å². The Hall–Kier alpha value is -2.32. The largest absolute Gasteiger partial charge is 0.508 e. The fourth-order valence-electron chi connectivity index (χ4n) is 1.93. The van der Waals surface area contributed by atoms with Crippen molar-refractivity contribution in [2.45, 2.75) is 38.9 Å². The van der Waals surface area contributed by atoms with Crippen LogP contribution in [0.3, 0.4) is 0 Å². The molecule has 8 heteroatoms. The van der Waals surface area contributed by atoms with E-state index in [4.69, 9.17) is 9.16 Å². The van der Waals surface area contributed by atoms with Crippen LogP contribution in [0.4, 0.5) is 5.82 Å². The molecule has 2 N–H and O–H groups in total. The molecule has 0 aliphatic rings. The quantitative estimate of drug-likeness (QED) is 0.592. The molecule has 0 saturated carbocycles. The van der Waals surface area contributed by atoms with Gasteiger partial charge in [0.1, 0.15) is 11.5 Å². The monoisotopic (exact) mass is 377 g/mol. The van der Waals surface area contributed by atoms with Crippen molar-refractivity contribution in [3.8, 4) is 11.5 Å². The second-order valence-corrected chi connectivity index (χ2v) is 12.5. The standard InChI is InChI=1S/C18H27N3O4Si/c1-18(2,3)26(5,6)25-12-24-15-10-13(9-14(22)11-15)17(23)19-16-7-8-21(4)20-16/h7-11,22H,12H2,1-6H3,(H,19,20,23). The van der Waals surface area contributed by atoms with E-state index < -0.39 is 8.32 Å². The predicted octanol–water partition coefficient (Wildman–Crippen LogP) is 3.74. The molecule has 0 radical (unpaired) electrons. The molecule has 26 heavy (non-hydrogen) atoms. The number of hydrogen-bond acceptors (Lipinski definition) is 5. The minimum absolute atomic E-state index is 0.0546. The lowest BCUT2D eigenvalue weighted by atomic mass is 10.2. The number of aromatic nitrogens is 2. The lowest BCUT2D eigenvalue weighted by molar-refractivity contribution is 0.101. The zero-order valence-electron chi connectivity index (χ0n) is 16.2. The van der Waals surface area contributed by atoms with Crippen LogP contribution in [0.5, 0.6) is 11.5 Å². The van der Waals surface area contributed by atoms with E-state index in [1.807, 2.05) is 0 Å². The predicted molar refractivity (Wildman–Crippen MR) is 103 cm³/mol. The molecule has 2 aromatic rings. The highest BCUT2D eigenvalue weighted by Crippen LogP contribution is 2.36. The number of carbonyl (C=O) groups is 1. The van der Waals surface area contributed by atoms with Crippen molar-refractivity contribution in [3.05, 3.63) is 36.0 Å². The average molecular weight is 378 g/mol. The van der Waals surface area contributed by atoms with Crippen molar-refractivity contribution < 1.29 is 19.1 Å². The molecule has 0 saturated heterocycles. The fraction of sp³-hybridized carbons (Fsp3) is 0.444. The smallest absolute Gasteiger partial charge is 0.257 e. The van der Waals surface area contributed by atoms with Crippen molar-refractivity contribution in [2.24, 2.45) is 7.05 Å². The molecule has 1 aromatic carbocycles. The summed E-state index contributed by atoms with van der Waals surface area (Å²) in [6, 6.07) is 6.07. The second-order valence-electron chi connectivity index (χ2n) is 7.71. The number of ether oxygens (including phenoxy) is 1. The van der Waals surface area contributed by atoms with E-state index >= 15 is 0 Å². The number of carbonyl (C=O) groups excluding carboxylic acids is 1. The van der Waals surface area contributed by atoms with Crippen LogP contribution in [0, 0.1) is 0 Å². The first-order valence-electron chi connectivity index (χ1n) is 8.40. The third kappa shape index (κ3) is 5.09. The maximum absolute atomic E-state index is 12.3. The molecule has 0 aliphatic heterocycles. The Bertz CT molecular complexity index is 781. The van der Waals surface area contributed by atoms with Crippen LogP contribution in [0.2, 0.25) is 18.1 Å². The van der Waals surface area contributed by atoms with Gasteiger partial charge in [0.2, 0.25) is 0 Å². The van der Waals surface area contributed by atoms with Crippen LogP contribution >= 0.6 is 0 Å². The molecule has 7 nitrogen and oxygen atoms in total. The lowest BCUT2D eigenvalue weighted by Crippen LogP contribution is -2.41. The Morgan fingerprint density at radius 3 is 2.58 bits per heavy atom. The topological polar surface area (TPSA) is 85.6 Å². The van der Waals surface area contributed by atoms with Gasteiger partial charge in [-0.1, -0.05) is 20.8 Å². The Labute approximate surface area is 155 Å². The SMILES string of the molecule is Cn1ccc(NC(=O)c2cc(O)cc(OCO[Si](C)(C)C(C)(C)C)c2)n1. The molecule has 0 unspecified atom stereocenters. The number of rotatable bonds is 6. The molecule has 1 aromatic heterocycles. The maximum atomic E-state index is 12.3. The van der Waals surface area contributed by atoms with Gasteiger partial charge in [0.25, 0.3) is 5.91 Å². The first-order chi connectivity index (χ1) is 12.0. The summed E-state index contributed by atoms with van der Waals surface area (Å²) >= 11 is 0. The first kappa shape index (κ1) is 20.0. The highest BCUT2D eigenvalue weighted by molar-refractivity contribution is 6.74. The number of nitrogens with one attached hydrogen (secondary N) is 1. The molecule has 142 valence electrons. The van der Waals surface area contributed by atoms with Gasteiger partial charge in [0.05, 0.1) is 0 Å². The Balaban J connectivity index is 2.03. The molecule has 2 rings (SSSR count). The number of benzene rings is 1. The summed E-state index contributed by atoms with van der Waals surface area (Å²) in [7, 11) is -0.172. The number of phenols is 1. The Kier molecular flexibility index (Phi) is 5.77. The normalized spacial score (nSPS) is 12.1. The Morgan fingerprint density at radius 2 is 2.00 bits per heavy atom. The van der Waals surface area contributed by atoms with E-state index in [1.165, 1.54) is 12.1 Å². The first-order valence-corrected chi connectivity index (χ1v) is 11.3. The van der Waals surface area contributed by atoms with Crippen molar-refractivity contribution in [3.63, 3.8) is 0 Å². The fourth-order valence-corrected chi connectivity index (χ4v) is 2.72. The molecule has 0 aliphatic carbocycles. The van der Waals surface area contributed by atoms with Crippen LogP contribution < -0.4 is 10.1 Å². The van der Waals surface area contributed by atoms with Crippen molar-refractivity contribution in [1.29, 1.82) is 0 Å². The molecule has 1 amide bonds. The zero-order chi connectivity index (χ0) is 19.5. The van der Waals surface area contributed by atoms with Crippen LogP contribution in [0.1, 0.15) is 31.1 Å². The van der Waals surface area contributed by atoms with Gasteiger partial charge in [-0.05, 0) is 30.3 Å². The summed E-state index contributed by atoms with van der Waals surface area (Å²) in [6.07, 6.45) is 1.73. The summed E-state index contributed by atoms with van der Waals surface area (Å²) < 4.78 is 13.2. The number of amides is 1. The number of phenolic OH excluding ortho intramolecular Hbond substituents is 1. The zero-order valence-corrected chi connectivity index (χ0v) is 17.2. The van der Waals surface area contributed by atoms with Crippen LogP contribution in [0.15, 0.2) is 30.5 Å². The minimum Gasteiger partial charge on any atom is -0.508 e. The highest BCUT2D eigenvalue weighted by atomic mass is 28.4.